The number of hydrogen-bond acceptors (Lipinski definition) is 12. The zero-order chi connectivity index (χ0) is 48.6. The molecule has 0 aliphatic rings. The minimum Gasteiger partial charge on any atom is -0.443 e. The van der Waals surface area contributed by atoms with Crippen molar-refractivity contribution in [3.05, 3.63) is 226 Å². The zero-order valence-corrected chi connectivity index (χ0v) is 37.8. The summed E-state index contributed by atoms with van der Waals surface area (Å²) in [5.41, 5.74) is 6.66. The molecule has 350 valence electrons. The fourth-order valence-corrected chi connectivity index (χ4v) is 8.90. The molecule has 8 aromatic heterocycles. The number of nitro groups is 2. The number of fused-ring (bicyclic) bond motifs is 6. The van der Waals surface area contributed by atoms with E-state index in [-0.39, 0.29) is 19.1 Å². The minimum absolute atomic E-state index is 0. The molecule has 16 nitrogen and oxygen atoms in total. The first kappa shape index (κ1) is 46.5. The average molecular weight is 941 g/mol. The van der Waals surface area contributed by atoms with Crippen LogP contribution in [0.15, 0.2) is 189 Å². The number of nitrogens with zero attached hydrogens (tertiary/aromatic N) is 10. The van der Waals surface area contributed by atoms with Crippen molar-refractivity contribution < 1.29 is 19.4 Å². The van der Waals surface area contributed by atoms with Crippen LogP contribution in [0.2, 0.25) is 0 Å². The lowest BCUT2D eigenvalue weighted by Crippen LogP contribution is -2.37. The molecule has 0 aliphatic carbocycles. The summed E-state index contributed by atoms with van der Waals surface area (Å²) in [6.45, 7) is 5.36. The molecule has 8 heterocycles. The number of pyridine rings is 6. The zero-order valence-electron chi connectivity index (χ0n) is 37.8. The van der Waals surface area contributed by atoms with Crippen molar-refractivity contribution in [3.63, 3.8) is 0 Å². The van der Waals surface area contributed by atoms with Gasteiger partial charge in [0.05, 0.1) is 22.4 Å². The summed E-state index contributed by atoms with van der Waals surface area (Å²) >= 11 is 0. The molecule has 0 amide bonds. The van der Waals surface area contributed by atoms with Gasteiger partial charge < -0.3 is 29.5 Å². The van der Waals surface area contributed by atoms with Gasteiger partial charge in [-0.25, -0.2) is 19.3 Å². The Labute approximate surface area is 406 Å². The van der Waals surface area contributed by atoms with Crippen LogP contribution >= 0.6 is 0 Å². The van der Waals surface area contributed by atoms with Crippen LogP contribution in [0.5, 0.6) is 0 Å². The van der Waals surface area contributed by atoms with E-state index in [1.807, 2.05) is 48.7 Å². The third-order valence-corrected chi connectivity index (χ3v) is 11.8. The molecule has 0 spiro atoms. The second-order valence-corrected chi connectivity index (χ2v) is 17.2. The van der Waals surface area contributed by atoms with Gasteiger partial charge in [0.2, 0.25) is 0 Å². The number of rotatable bonds is 8. The average Bonchev–Trinajstić information content (AvgIpc) is 3.90. The summed E-state index contributed by atoms with van der Waals surface area (Å²) in [6, 6.07) is 48.7. The van der Waals surface area contributed by atoms with Gasteiger partial charge in [0.25, 0.3) is 0 Å². The number of benzene rings is 3. The highest BCUT2D eigenvalue weighted by atomic mass is 16.6. The molecule has 0 saturated carbocycles. The van der Waals surface area contributed by atoms with Crippen molar-refractivity contribution >= 4 is 61.6 Å². The van der Waals surface area contributed by atoms with Crippen LogP contribution in [0.4, 0.5) is 16.4 Å². The topological polar surface area (TPSA) is 200 Å². The Kier molecular flexibility index (Phi) is 12.4. The highest BCUT2D eigenvalue weighted by Crippen LogP contribution is 2.46. The van der Waals surface area contributed by atoms with E-state index in [9.17, 15) is 25.0 Å². The molecule has 11 rings (SSSR count). The van der Waals surface area contributed by atoms with Gasteiger partial charge in [-0.2, -0.15) is 0 Å². The maximum atomic E-state index is 12.9. The predicted octanol–water partition coefficient (Wildman–Crippen LogP) is 12.4. The van der Waals surface area contributed by atoms with E-state index in [2.05, 4.69) is 102 Å². The molecule has 11 aromatic rings. The molecule has 0 bridgehead atoms. The van der Waals surface area contributed by atoms with E-state index in [1.165, 1.54) is 29.1 Å². The maximum absolute atomic E-state index is 12.9. The normalized spacial score (nSPS) is 11.5. The van der Waals surface area contributed by atoms with Gasteiger partial charge >= 0.3 is 17.7 Å². The molecule has 0 fully saturated rings. The molecule has 0 saturated heterocycles. The molecule has 71 heavy (non-hydrogen) atoms. The van der Waals surface area contributed by atoms with Crippen LogP contribution in [0.25, 0.3) is 66.4 Å². The lowest BCUT2D eigenvalue weighted by atomic mass is 9.76. The summed E-state index contributed by atoms with van der Waals surface area (Å²) in [5, 5.41) is 25.9. The lowest BCUT2D eigenvalue weighted by molar-refractivity contribution is -0.389. The monoisotopic (exact) mass is 940 g/mol. The number of hydrogen-bond donors (Lipinski definition) is 0. The SMILES string of the molecule is C.CC(C)(C)OC(=O)n1c2ccncc2c2ccc(-c3ccnc([N+](=O)[O-])c3)nc21.O=[N+]([O-])c1cc(-c2ccc3c4cnccc4n(C(c4ccccc4)(c4ccccc4)c4ccccc4)c3n2)ccn1. The first-order valence-corrected chi connectivity index (χ1v) is 22.0. The van der Waals surface area contributed by atoms with Gasteiger partial charge in [0.15, 0.2) is 5.65 Å². The Hall–Kier alpha value is -9.57. The summed E-state index contributed by atoms with van der Waals surface area (Å²) in [7, 11) is 0. The highest BCUT2D eigenvalue weighted by Gasteiger charge is 2.41. The van der Waals surface area contributed by atoms with Crippen LogP contribution in [0.3, 0.4) is 0 Å². The summed E-state index contributed by atoms with van der Waals surface area (Å²) < 4.78 is 9.25. The maximum Gasteiger partial charge on any atom is 0.420 e. The fraction of sp³-hybridized carbons (Fsp3) is 0.109. The van der Waals surface area contributed by atoms with Gasteiger partial charge in [-0.3, -0.25) is 9.97 Å². The van der Waals surface area contributed by atoms with Crippen LogP contribution in [-0.2, 0) is 10.3 Å². The van der Waals surface area contributed by atoms with Crippen molar-refractivity contribution in [2.45, 2.75) is 39.3 Å². The standard InChI is InChI=1S/C34H23N5O2.C20H17N5O4.CH4/c40-39(41)32-22-24(18-21-36-32)30-17-16-28-29-23-35-20-19-31(29)38(33(28)37-30)34(25-10-4-1-5-11-25,26-12-6-2-7-13-26)27-14-8-3-9-15-27;1-20(2,3)29-19(26)24-16-7-8-21-11-14(16)13-4-5-15(23-18(13)24)12-6-9-22-17(10-12)25(27)28;/h1-23H;4-11H,1-3H3;1H4. The summed E-state index contributed by atoms with van der Waals surface area (Å²) in [5.74, 6) is -0.498. The molecule has 0 N–H and O–H groups in total. The van der Waals surface area contributed by atoms with E-state index >= 15 is 0 Å². The van der Waals surface area contributed by atoms with Gasteiger partial charge in [-0.1, -0.05) is 98.4 Å². The van der Waals surface area contributed by atoms with E-state index < -0.39 is 27.1 Å². The van der Waals surface area contributed by atoms with Crippen LogP contribution in [-0.4, -0.2) is 60.6 Å². The Morgan fingerprint density at radius 3 is 1.44 bits per heavy atom. The first-order valence-electron chi connectivity index (χ1n) is 22.0. The summed E-state index contributed by atoms with van der Waals surface area (Å²) in [6.07, 6.45) is 9.17. The second-order valence-electron chi connectivity index (χ2n) is 17.2. The molecule has 0 aliphatic heterocycles. The van der Waals surface area contributed by atoms with Crippen LogP contribution in [0.1, 0.15) is 44.9 Å². The highest BCUT2D eigenvalue weighted by molar-refractivity contribution is 6.11. The molecule has 16 heteroatoms. The van der Waals surface area contributed by atoms with Gasteiger partial charge in [0.1, 0.15) is 29.2 Å². The smallest absolute Gasteiger partial charge is 0.420 e. The molecular weight excluding hydrogens is 897 g/mol. The number of ether oxygens (including phenoxy) is 1. The first-order chi connectivity index (χ1) is 33.9. The fourth-order valence-electron chi connectivity index (χ4n) is 8.90. The molecular formula is C55H44N10O6. The number of aromatic nitrogens is 8. The van der Waals surface area contributed by atoms with E-state index in [4.69, 9.17) is 9.72 Å². The van der Waals surface area contributed by atoms with Crippen LogP contribution < -0.4 is 0 Å². The van der Waals surface area contributed by atoms with E-state index in [0.717, 1.165) is 49.4 Å². The molecule has 0 radical (unpaired) electrons. The van der Waals surface area contributed by atoms with E-state index in [1.54, 1.807) is 63.6 Å². The number of carbonyl (C=O) groups is 1. The minimum atomic E-state index is -0.805. The van der Waals surface area contributed by atoms with Gasteiger partial charge in [-0.15, -0.1) is 0 Å². The Morgan fingerprint density at radius 1 is 0.535 bits per heavy atom. The van der Waals surface area contributed by atoms with Gasteiger partial charge in [0, 0.05) is 69.6 Å². The Morgan fingerprint density at radius 2 is 0.972 bits per heavy atom. The second kappa shape index (κ2) is 18.8. The molecule has 3 aromatic carbocycles. The third-order valence-electron chi connectivity index (χ3n) is 11.8. The summed E-state index contributed by atoms with van der Waals surface area (Å²) in [4.78, 5) is 60.5. The van der Waals surface area contributed by atoms with Crippen molar-refractivity contribution in [1.29, 1.82) is 0 Å². The Balaban J connectivity index is 0.000000184. The van der Waals surface area contributed by atoms with Gasteiger partial charge in [-0.05, 0) is 106 Å². The largest absolute Gasteiger partial charge is 0.443 e. The Bertz CT molecular complexity index is 3680. The van der Waals surface area contributed by atoms with Crippen molar-refractivity contribution in [2.24, 2.45) is 0 Å². The number of carbonyl (C=O) groups excluding carboxylic acids is 1. The third kappa shape index (κ3) is 8.54. The van der Waals surface area contributed by atoms with Crippen molar-refractivity contribution in [2.75, 3.05) is 0 Å². The predicted molar refractivity (Wildman–Crippen MR) is 273 cm³/mol. The quantitative estimate of drug-likeness (QED) is 0.0794. The van der Waals surface area contributed by atoms with Crippen molar-refractivity contribution in [3.8, 4) is 22.5 Å². The van der Waals surface area contributed by atoms with E-state index in [0.29, 0.717) is 33.7 Å². The van der Waals surface area contributed by atoms with Crippen LogP contribution in [0, 0.1) is 20.2 Å². The molecule has 0 unspecified atom stereocenters. The lowest BCUT2D eigenvalue weighted by Gasteiger charge is -2.38. The van der Waals surface area contributed by atoms with Crippen molar-refractivity contribution in [1.82, 2.24) is 39.0 Å². The molecule has 0 atom stereocenters.